The molecule has 1 amide bonds. The molecule has 0 atom stereocenters. The number of carbonyl (C=O) groups is 1. The first-order valence-corrected chi connectivity index (χ1v) is 14.2. The molecule has 0 radical (unpaired) electrons. The number of carbonyl (C=O) groups excluding carboxylic acids is 1. The Bertz CT molecular complexity index is 1560. The Morgan fingerprint density at radius 2 is 2.05 bits per heavy atom. The van der Waals surface area contributed by atoms with E-state index in [0.29, 0.717) is 27.5 Å². The van der Waals surface area contributed by atoms with E-state index in [-0.39, 0.29) is 23.0 Å². The van der Waals surface area contributed by atoms with Gasteiger partial charge in [0.2, 0.25) is 0 Å². The smallest absolute Gasteiger partial charge is 0.267 e. The fourth-order valence-electron chi connectivity index (χ4n) is 4.25. The number of thioether (sulfide) groups is 1. The topological polar surface area (TPSA) is 106 Å². The van der Waals surface area contributed by atoms with Crippen LogP contribution in [0.25, 0.3) is 15.9 Å². The van der Waals surface area contributed by atoms with Crippen LogP contribution in [0.15, 0.2) is 62.0 Å². The Morgan fingerprint density at radius 1 is 1.27 bits per heavy atom. The average Bonchev–Trinajstić information content (AvgIpc) is 3.28. The summed E-state index contributed by atoms with van der Waals surface area (Å²) in [5.74, 6) is -0.118. The number of thiophene rings is 1. The summed E-state index contributed by atoms with van der Waals surface area (Å²) in [6.07, 6.45) is 5.40. The second-order valence-corrected chi connectivity index (χ2v) is 11.3. The van der Waals surface area contributed by atoms with Crippen molar-refractivity contribution in [2.75, 3.05) is 12.9 Å². The number of fused-ring (bicyclic) bond motifs is 3. The minimum atomic E-state index is -0.370. The van der Waals surface area contributed by atoms with Crippen molar-refractivity contribution in [3.8, 4) is 17.2 Å². The van der Waals surface area contributed by atoms with E-state index < -0.39 is 0 Å². The van der Waals surface area contributed by atoms with Crippen molar-refractivity contribution in [1.29, 1.82) is 0 Å². The minimum Gasteiger partial charge on any atom is -0.504 e. The molecule has 0 unspecified atom stereocenters. The summed E-state index contributed by atoms with van der Waals surface area (Å²) in [6, 6.07) is 12.4. The van der Waals surface area contributed by atoms with Crippen molar-refractivity contribution in [2.24, 2.45) is 5.10 Å². The highest BCUT2D eigenvalue weighted by molar-refractivity contribution is 9.10. The summed E-state index contributed by atoms with van der Waals surface area (Å²) in [5, 5.41) is 15.2. The molecule has 1 aliphatic rings. The molecule has 0 bridgehead atoms. The van der Waals surface area contributed by atoms with Crippen LogP contribution in [0.2, 0.25) is 0 Å². The summed E-state index contributed by atoms with van der Waals surface area (Å²) in [5.41, 5.74) is 4.57. The zero-order valence-electron chi connectivity index (χ0n) is 19.9. The quantitative estimate of drug-likeness (QED) is 0.133. The number of amides is 1. The van der Waals surface area contributed by atoms with E-state index in [0.717, 1.165) is 40.5 Å². The fourth-order valence-corrected chi connectivity index (χ4v) is 6.62. The number of aromatic hydroxyl groups is 1. The number of ether oxygens (including phenoxy) is 1. The third kappa shape index (κ3) is 5.29. The molecule has 2 heterocycles. The number of hydrazone groups is 1. The lowest BCUT2D eigenvalue weighted by Gasteiger charge is -2.13. The van der Waals surface area contributed by atoms with E-state index in [4.69, 9.17) is 9.72 Å². The Hall–Kier alpha value is -3.15. The van der Waals surface area contributed by atoms with Crippen LogP contribution in [0.3, 0.4) is 0 Å². The van der Waals surface area contributed by atoms with Gasteiger partial charge in [0.15, 0.2) is 16.7 Å². The van der Waals surface area contributed by atoms with Crippen molar-refractivity contribution >= 4 is 61.4 Å². The molecule has 190 valence electrons. The summed E-state index contributed by atoms with van der Waals surface area (Å²) in [7, 11) is 1.46. The monoisotopic (exact) mass is 598 g/mol. The average molecular weight is 600 g/mol. The molecular weight excluding hydrogens is 576 g/mol. The number of phenolic OH excluding ortho intramolecular Hbond substituents is 1. The van der Waals surface area contributed by atoms with Gasteiger partial charge in [-0.25, -0.2) is 10.4 Å². The van der Waals surface area contributed by atoms with Crippen LogP contribution in [-0.4, -0.2) is 39.6 Å². The Morgan fingerprint density at radius 3 is 2.84 bits per heavy atom. The summed E-state index contributed by atoms with van der Waals surface area (Å²) in [4.78, 5) is 33.1. The van der Waals surface area contributed by atoms with E-state index in [1.165, 1.54) is 30.0 Å². The number of rotatable bonds is 7. The first-order chi connectivity index (χ1) is 18.0. The van der Waals surface area contributed by atoms with Crippen LogP contribution >= 0.6 is 39.0 Å². The van der Waals surface area contributed by atoms with Crippen molar-refractivity contribution in [3.05, 3.63) is 73.3 Å². The Balaban J connectivity index is 1.41. The lowest BCUT2D eigenvalue weighted by Crippen LogP contribution is -2.24. The van der Waals surface area contributed by atoms with Gasteiger partial charge in [-0.1, -0.05) is 33.8 Å². The van der Waals surface area contributed by atoms with E-state index in [2.05, 4.69) is 26.5 Å². The number of methoxy groups -OCH3 is 1. The van der Waals surface area contributed by atoms with Gasteiger partial charge in [0, 0.05) is 14.9 Å². The second kappa shape index (κ2) is 11.1. The molecule has 1 aliphatic carbocycles. The maximum absolute atomic E-state index is 13.8. The van der Waals surface area contributed by atoms with Crippen LogP contribution in [0, 0.1) is 0 Å². The molecule has 37 heavy (non-hydrogen) atoms. The number of nitrogens with zero attached hydrogens (tertiary/aromatic N) is 3. The molecule has 0 fully saturated rings. The van der Waals surface area contributed by atoms with Crippen LogP contribution in [0.1, 0.15) is 28.8 Å². The predicted molar refractivity (Wildman–Crippen MR) is 151 cm³/mol. The van der Waals surface area contributed by atoms with Crippen LogP contribution in [-0.2, 0) is 17.6 Å². The number of halogens is 1. The predicted octanol–water partition coefficient (Wildman–Crippen LogP) is 5.05. The highest BCUT2D eigenvalue weighted by Gasteiger charge is 2.23. The van der Waals surface area contributed by atoms with Gasteiger partial charge in [-0.3, -0.25) is 14.2 Å². The van der Waals surface area contributed by atoms with Gasteiger partial charge in [0.1, 0.15) is 4.83 Å². The molecule has 4 aromatic rings. The minimum absolute atomic E-state index is 0.000989. The highest BCUT2D eigenvalue weighted by Crippen LogP contribution is 2.35. The summed E-state index contributed by atoms with van der Waals surface area (Å²) >= 11 is 6.20. The molecule has 0 saturated heterocycles. The number of para-hydroxylation sites is 1. The number of hydrogen-bond acceptors (Lipinski definition) is 8. The van der Waals surface area contributed by atoms with Gasteiger partial charge in [0.25, 0.3) is 11.5 Å². The first-order valence-electron chi connectivity index (χ1n) is 11.6. The van der Waals surface area contributed by atoms with Crippen LogP contribution in [0.5, 0.6) is 11.5 Å². The van der Waals surface area contributed by atoms with Crippen molar-refractivity contribution < 1.29 is 14.6 Å². The molecule has 11 heteroatoms. The van der Waals surface area contributed by atoms with Crippen LogP contribution < -0.4 is 15.7 Å². The van der Waals surface area contributed by atoms with Gasteiger partial charge < -0.3 is 9.84 Å². The molecular formula is C26H23BrN4O4S2. The third-order valence-corrected chi connectivity index (χ3v) is 8.67. The van der Waals surface area contributed by atoms with E-state index in [1.807, 2.05) is 24.3 Å². The fraction of sp³-hybridized carbons (Fsp3) is 0.231. The largest absolute Gasteiger partial charge is 0.504 e. The van der Waals surface area contributed by atoms with Gasteiger partial charge >= 0.3 is 0 Å². The SMILES string of the molecule is COc1cccc(C=NNC(=O)CSc2nc3sc4c(c3c(=O)n2-c2ccc(Br)cc2)CCCC4)c1O. The van der Waals surface area contributed by atoms with Gasteiger partial charge in [-0.15, -0.1) is 11.3 Å². The lowest BCUT2D eigenvalue weighted by molar-refractivity contribution is -0.118. The second-order valence-electron chi connectivity index (χ2n) is 8.38. The number of aromatic nitrogens is 2. The van der Waals surface area contributed by atoms with Crippen molar-refractivity contribution in [3.63, 3.8) is 0 Å². The molecule has 0 saturated carbocycles. The maximum Gasteiger partial charge on any atom is 0.267 e. The first kappa shape index (κ1) is 25.5. The third-order valence-electron chi connectivity index (χ3n) is 6.02. The molecule has 2 N–H and O–H groups in total. The molecule has 8 nitrogen and oxygen atoms in total. The highest BCUT2D eigenvalue weighted by atomic mass is 79.9. The molecule has 2 aromatic heterocycles. The number of benzene rings is 2. The van der Waals surface area contributed by atoms with Crippen molar-refractivity contribution in [1.82, 2.24) is 15.0 Å². The van der Waals surface area contributed by atoms with E-state index in [1.54, 1.807) is 34.1 Å². The number of nitrogens with one attached hydrogen (secondary N) is 1. The van der Waals surface area contributed by atoms with Crippen LogP contribution in [0.4, 0.5) is 0 Å². The lowest BCUT2D eigenvalue weighted by atomic mass is 9.97. The summed E-state index contributed by atoms with van der Waals surface area (Å²) < 4.78 is 7.57. The number of phenols is 1. The van der Waals surface area contributed by atoms with E-state index in [9.17, 15) is 14.7 Å². The Labute approximate surface area is 229 Å². The normalized spacial score (nSPS) is 13.1. The summed E-state index contributed by atoms with van der Waals surface area (Å²) in [6.45, 7) is 0. The molecule has 5 rings (SSSR count). The number of hydrogen-bond donors (Lipinski definition) is 2. The van der Waals surface area contributed by atoms with Gasteiger partial charge in [0.05, 0.1) is 30.2 Å². The number of aryl methyl sites for hydroxylation is 2. The van der Waals surface area contributed by atoms with Gasteiger partial charge in [-0.05, 0) is 67.6 Å². The zero-order valence-corrected chi connectivity index (χ0v) is 23.1. The molecule has 0 aliphatic heterocycles. The Kier molecular flexibility index (Phi) is 7.63. The zero-order chi connectivity index (χ0) is 25.9. The molecule has 0 spiro atoms. The standard InChI is InChI=1S/C26H23BrN4O4S2/c1-35-19-7-4-5-15(23(19)33)13-28-30-21(32)14-36-26-29-24-22(18-6-2-3-8-20(18)37-24)25(34)31(26)17-11-9-16(27)10-12-17/h4-5,7,9-13,33H,2-3,6,8,14H2,1H3,(H,30,32). The van der Waals surface area contributed by atoms with Crippen molar-refractivity contribution in [2.45, 2.75) is 30.8 Å². The maximum atomic E-state index is 13.8. The molecule has 2 aromatic carbocycles. The van der Waals surface area contributed by atoms with E-state index >= 15 is 0 Å². The van der Waals surface area contributed by atoms with Gasteiger partial charge in [-0.2, -0.15) is 5.10 Å².